The number of nitrogens with zero attached hydrogens (tertiary/aromatic N) is 3. The predicted molar refractivity (Wildman–Crippen MR) is 109 cm³/mol. The molecule has 2 aliphatic rings. The number of benzene rings is 1. The van der Waals surface area contributed by atoms with E-state index in [0.717, 1.165) is 0 Å². The summed E-state index contributed by atoms with van der Waals surface area (Å²) in [6.45, 7) is 1.79. The van der Waals surface area contributed by atoms with Crippen LogP contribution in [0.3, 0.4) is 0 Å². The zero-order valence-corrected chi connectivity index (χ0v) is 16.9. The summed E-state index contributed by atoms with van der Waals surface area (Å²) in [5, 5.41) is 11.1. The predicted octanol–water partition coefficient (Wildman–Crippen LogP) is 1.84. The number of hydrogen-bond acceptors (Lipinski definition) is 7. The quantitative estimate of drug-likeness (QED) is 0.458. The average Bonchev–Trinajstić information content (AvgIpc) is 3.02. The third-order valence-electron chi connectivity index (χ3n) is 5.17. The van der Waals surface area contributed by atoms with E-state index in [4.69, 9.17) is 9.47 Å². The monoisotopic (exact) mass is 409 g/mol. The molecule has 156 valence electrons. The molecule has 0 saturated carbocycles. The average molecular weight is 409 g/mol. The van der Waals surface area contributed by atoms with Crippen LogP contribution in [0.1, 0.15) is 17.2 Å². The summed E-state index contributed by atoms with van der Waals surface area (Å²) in [7, 11) is 3.79. The molecule has 0 bridgehead atoms. The summed E-state index contributed by atoms with van der Waals surface area (Å²) in [6, 6.07) is 7.77. The van der Waals surface area contributed by atoms with Crippen molar-refractivity contribution in [3.63, 3.8) is 0 Å². The third kappa shape index (κ3) is 3.61. The number of aromatic nitrogens is 1. The van der Waals surface area contributed by atoms with E-state index < -0.39 is 17.7 Å². The second-order valence-corrected chi connectivity index (χ2v) is 7.43. The van der Waals surface area contributed by atoms with E-state index in [1.54, 1.807) is 42.7 Å². The third-order valence-corrected chi connectivity index (χ3v) is 5.17. The van der Waals surface area contributed by atoms with Crippen LogP contribution in [0.25, 0.3) is 5.76 Å². The Morgan fingerprint density at radius 1 is 1.13 bits per heavy atom. The summed E-state index contributed by atoms with van der Waals surface area (Å²) < 4.78 is 11.1. The number of rotatable bonds is 5. The molecule has 1 fully saturated rings. The molecule has 0 radical (unpaired) electrons. The Morgan fingerprint density at radius 3 is 2.53 bits per heavy atom. The lowest BCUT2D eigenvalue weighted by Crippen LogP contribution is -2.35. The van der Waals surface area contributed by atoms with Gasteiger partial charge >= 0.3 is 0 Å². The summed E-state index contributed by atoms with van der Waals surface area (Å²) in [5.41, 5.74) is 1.16. The first kappa shape index (κ1) is 19.9. The van der Waals surface area contributed by atoms with Crippen LogP contribution < -0.4 is 9.47 Å². The molecule has 1 aromatic carbocycles. The van der Waals surface area contributed by atoms with Crippen LogP contribution in [0.15, 0.2) is 48.3 Å². The number of carbonyl (C=O) groups is 2. The number of Topliss-reactive ketones (excluding diaryl/α,β-unsaturated/α-hetero) is 1. The Kier molecular flexibility index (Phi) is 5.41. The van der Waals surface area contributed by atoms with Gasteiger partial charge in [-0.1, -0.05) is 0 Å². The highest BCUT2D eigenvalue weighted by atomic mass is 16.6. The van der Waals surface area contributed by atoms with Crippen molar-refractivity contribution < 1.29 is 24.2 Å². The van der Waals surface area contributed by atoms with Crippen LogP contribution >= 0.6 is 0 Å². The highest BCUT2D eigenvalue weighted by Gasteiger charge is 2.45. The number of likely N-dealkylation sites (tertiary alicyclic amines) is 1. The Morgan fingerprint density at radius 2 is 1.83 bits per heavy atom. The number of ketones is 1. The van der Waals surface area contributed by atoms with Gasteiger partial charge in [-0.3, -0.25) is 14.6 Å². The van der Waals surface area contributed by atoms with Crippen molar-refractivity contribution in [2.45, 2.75) is 6.04 Å². The van der Waals surface area contributed by atoms with Gasteiger partial charge in [-0.2, -0.15) is 0 Å². The molecule has 1 unspecified atom stereocenters. The number of pyridine rings is 1. The molecule has 4 rings (SSSR count). The molecule has 0 spiro atoms. The fourth-order valence-corrected chi connectivity index (χ4v) is 3.66. The Hall–Kier alpha value is -3.39. The van der Waals surface area contributed by atoms with Gasteiger partial charge in [0, 0.05) is 31.0 Å². The molecule has 2 aliphatic heterocycles. The Labute approximate surface area is 174 Å². The molecule has 0 aliphatic carbocycles. The van der Waals surface area contributed by atoms with E-state index in [1.807, 2.05) is 19.0 Å². The summed E-state index contributed by atoms with van der Waals surface area (Å²) in [6.07, 6.45) is 3.21. The number of amides is 1. The smallest absolute Gasteiger partial charge is 0.295 e. The first-order chi connectivity index (χ1) is 14.5. The van der Waals surface area contributed by atoms with Gasteiger partial charge in [0.2, 0.25) is 0 Å². The van der Waals surface area contributed by atoms with Crippen LogP contribution in [0.2, 0.25) is 0 Å². The Balaban J connectivity index is 1.81. The lowest BCUT2D eigenvalue weighted by molar-refractivity contribution is -0.140. The molecule has 1 saturated heterocycles. The molecule has 1 atom stereocenters. The summed E-state index contributed by atoms with van der Waals surface area (Å²) in [5.74, 6) is -0.497. The van der Waals surface area contributed by atoms with E-state index in [1.165, 1.54) is 4.90 Å². The van der Waals surface area contributed by atoms with Gasteiger partial charge in [0.05, 0.1) is 11.6 Å². The summed E-state index contributed by atoms with van der Waals surface area (Å²) in [4.78, 5) is 33.2. The number of aliphatic hydroxyl groups excluding tert-OH is 1. The molecule has 2 aromatic rings. The van der Waals surface area contributed by atoms with Gasteiger partial charge < -0.3 is 24.4 Å². The van der Waals surface area contributed by atoms with Crippen LogP contribution in [0.4, 0.5) is 0 Å². The zero-order valence-electron chi connectivity index (χ0n) is 16.9. The molecule has 3 heterocycles. The SMILES string of the molecule is CN(C)CCN1C(=O)C(=O)/C(=C(/O)c2ccc3c(c2)OCCO3)C1c1ccncc1. The fourth-order valence-electron chi connectivity index (χ4n) is 3.66. The Bertz CT molecular complexity index is 1000. The van der Waals surface area contributed by atoms with Crippen molar-refractivity contribution in [2.24, 2.45) is 0 Å². The maximum Gasteiger partial charge on any atom is 0.295 e. The number of ether oxygens (including phenoxy) is 2. The van der Waals surface area contributed by atoms with Crippen LogP contribution in [0, 0.1) is 0 Å². The minimum Gasteiger partial charge on any atom is -0.507 e. The lowest BCUT2D eigenvalue weighted by atomic mass is 9.96. The molecule has 1 N–H and O–H groups in total. The number of fused-ring (bicyclic) bond motifs is 1. The van der Waals surface area contributed by atoms with E-state index >= 15 is 0 Å². The van der Waals surface area contributed by atoms with Gasteiger partial charge in [0.25, 0.3) is 11.7 Å². The standard InChI is InChI=1S/C22H23N3O5/c1-24(2)9-10-25-19(14-5-7-23-8-6-14)18(21(27)22(25)28)20(26)15-3-4-16-17(13-15)30-12-11-29-16/h3-8,13,19,26H,9-12H2,1-2H3/b20-18+. The topological polar surface area (TPSA) is 92.2 Å². The van der Waals surface area contributed by atoms with Gasteiger partial charge in [-0.05, 0) is 50.0 Å². The molecular formula is C22H23N3O5. The van der Waals surface area contributed by atoms with Crippen molar-refractivity contribution in [3.8, 4) is 11.5 Å². The number of hydrogen-bond donors (Lipinski definition) is 1. The first-order valence-electron chi connectivity index (χ1n) is 9.70. The number of carbonyl (C=O) groups excluding carboxylic acids is 2. The van der Waals surface area contributed by atoms with Crippen molar-refractivity contribution in [3.05, 3.63) is 59.4 Å². The molecular weight excluding hydrogens is 386 g/mol. The number of aliphatic hydroxyl groups is 1. The first-order valence-corrected chi connectivity index (χ1v) is 9.70. The van der Waals surface area contributed by atoms with Crippen molar-refractivity contribution >= 4 is 17.4 Å². The van der Waals surface area contributed by atoms with E-state index in [9.17, 15) is 14.7 Å². The van der Waals surface area contributed by atoms with Gasteiger partial charge in [-0.15, -0.1) is 0 Å². The highest BCUT2D eigenvalue weighted by molar-refractivity contribution is 6.46. The number of likely N-dealkylation sites (N-methyl/N-ethyl adjacent to an activating group) is 1. The molecule has 1 amide bonds. The minimum absolute atomic E-state index is 0.0571. The van der Waals surface area contributed by atoms with Crippen LogP contribution in [-0.2, 0) is 9.59 Å². The molecule has 30 heavy (non-hydrogen) atoms. The minimum atomic E-state index is -0.706. The highest BCUT2D eigenvalue weighted by Crippen LogP contribution is 2.40. The van der Waals surface area contributed by atoms with Crippen molar-refractivity contribution in [1.29, 1.82) is 0 Å². The van der Waals surface area contributed by atoms with Crippen LogP contribution in [0.5, 0.6) is 11.5 Å². The normalized spacial score (nSPS) is 20.1. The van der Waals surface area contributed by atoms with Crippen LogP contribution in [-0.4, -0.2) is 72.0 Å². The van der Waals surface area contributed by atoms with E-state index in [0.29, 0.717) is 48.9 Å². The van der Waals surface area contributed by atoms with Crippen molar-refractivity contribution in [1.82, 2.24) is 14.8 Å². The molecule has 1 aromatic heterocycles. The fraction of sp³-hybridized carbons (Fsp3) is 0.318. The van der Waals surface area contributed by atoms with E-state index in [2.05, 4.69) is 4.98 Å². The van der Waals surface area contributed by atoms with Gasteiger partial charge in [-0.25, -0.2) is 0 Å². The second-order valence-electron chi connectivity index (χ2n) is 7.43. The molecule has 8 nitrogen and oxygen atoms in total. The van der Waals surface area contributed by atoms with Gasteiger partial charge in [0.1, 0.15) is 19.0 Å². The largest absolute Gasteiger partial charge is 0.507 e. The summed E-state index contributed by atoms with van der Waals surface area (Å²) >= 11 is 0. The van der Waals surface area contributed by atoms with E-state index in [-0.39, 0.29) is 11.3 Å². The van der Waals surface area contributed by atoms with Gasteiger partial charge in [0.15, 0.2) is 11.5 Å². The lowest BCUT2D eigenvalue weighted by Gasteiger charge is -2.26. The second kappa shape index (κ2) is 8.16. The zero-order chi connectivity index (χ0) is 21.3. The van der Waals surface area contributed by atoms with Crippen molar-refractivity contribution in [2.75, 3.05) is 40.4 Å². The maximum atomic E-state index is 13.0. The maximum absolute atomic E-state index is 13.0. The molecule has 8 heteroatoms.